The van der Waals surface area contributed by atoms with Gasteiger partial charge in [-0.15, -0.1) is 11.3 Å². The lowest BCUT2D eigenvalue weighted by Crippen LogP contribution is -1.92. The van der Waals surface area contributed by atoms with E-state index in [2.05, 4.69) is 26.1 Å². The highest BCUT2D eigenvalue weighted by Crippen LogP contribution is 2.29. The number of thiophene rings is 1. The van der Waals surface area contributed by atoms with Crippen LogP contribution in [0.2, 0.25) is 0 Å². The Morgan fingerprint density at radius 3 is 2.60 bits per heavy atom. The van der Waals surface area contributed by atoms with Gasteiger partial charge in [-0.1, -0.05) is 17.3 Å². The molecule has 1 aromatic carbocycles. The number of aryl methyl sites for hydroxylation is 2. The molecule has 0 fully saturated rings. The Labute approximate surface area is 128 Å². The Hall–Kier alpha value is -1.66. The first kappa shape index (κ1) is 13.3. The van der Waals surface area contributed by atoms with Gasteiger partial charge < -0.3 is 10.3 Å². The van der Waals surface area contributed by atoms with Crippen molar-refractivity contribution in [1.82, 2.24) is 10.1 Å². The second-order valence-corrected chi connectivity index (χ2v) is 6.82. The fraction of sp³-hybridized carbons (Fsp3) is 0.143. The van der Waals surface area contributed by atoms with E-state index in [1.54, 1.807) is 11.3 Å². The minimum absolute atomic E-state index is 0.646. The van der Waals surface area contributed by atoms with Crippen LogP contribution >= 0.6 is 27.3 Å². The van der Waals surface area contributed by atoms with Crippen molar-refractivity contribution in [2.75, 3.05) is 5.73 Å². The first-order valence-electron chi connectivity index (χ1n) is 6.13. The third-order valence-corrected chi connectivity index (χ3v) is 4.49. The molecule has 0 saturated heterocycles. The largest absolute Gasteiger partial charge is 0.399 e. The molecule has 0 aliphatic carbocycles. The minimum Gasteiger partial charge on any atom is -0.399 e. The van der Waals surface area contributed by atoms with Crippen LogP contribution in [0, 0.1) is 0 Å². The normalized spacial score (nSPS) is 10.8. The number of aromatic nitrogens is 2. The molecule has 4 nitrogen and oxygen atoms in total. The molecule has 102 valence electrons. The van der Waals surface area contributed by atoms with Crippen LogP contribution in [0.15, 0.2) is 44.7 Å². The van der Waals surface area contributed by atoms with E-state index in [9.17, 15) is 0 Å². The Morgan fingerprint density at radius 2 is 1.90 bits per heavy atom. The van der Waals surface area contributed by atoms with Gasteiger partial charge in [-0.3, -0.25) is 0 Å². The van der Waals surface area contributed by atoms with Crippen molar-refractivity contribution in [3.8, 4) is 10.7 Å². The molecule has 0 aliphatic heterocycles. The van der Waals surface area contributed by atoms with Gasteiger partial charge in [-0.05, 0) is 52.2 Å². The average molecular weight is 350 g/mol. The van der Waals surface area contributed by atoms with Gasteiger partial charge in [-0.25, -0.2) is 0 Å². The minimum atomic E-state index is 0.646. The summed E-state index contributed by atoms with van der Waals surface area (Å²) in [6, 6.07) is 11.8. The Balaban J connectivity index is 1.67. The zero-order valence-corrected chi connectivity index (χ0v) is 12.9. The third kappa shape index (κ3) is 3.08. The van der Waals surface area contributed by atoms with Gasteiger partial charge in [0.25, 0.3) is 0 Å². The summed E-state index contributed by atoms with van der Waals surface area (Å²) in [5.74, 6) is 1.30. The highest BCUT2D eigenvalue weighted by Gasteiger charge is 2.10. The van der Waals surface area contributed by atoms with Crippen molar-refractivity contribution in [3.05, 3.63) is 51.6 Å². The van der Waals surface area contributed by atoms with Gasteiger partial charge in [-0.2, -0.15) is 4.98 Å². The van der Waals surface area contributed by atoms with Crippen molar-refractivity contribution in [2.24, 2.45) is 0 Å². The fourth-order valence-electron chi connectivity index (χ4n) is 1.83. The molecule has 0 unspecified atom stereocenters. The maximum atomic E-state index is 5.66. The molecule has 0 aliphatic rings. The Kier molecular flexibility index (Phi) is 3.84. The van der Waals surface area contributed by atoms with Crippen molar-refractivity contribution < 1.29 is 4.52 Å². The molecule has 0 bridgehead atoms. The molecule has 20 heavy (non-hydrogen) atoms. The SMILES string of the molecule is Nc1ccc(CCc2nc(-c3ccc(Br)s3)no2)cc1. The monoisotopic (exact) mass is 349 g/mol. The average Bonchev–Trinajstić information content (AvgIpc) is 3.07. The number of anilines is 1. The summed E-state index contributed by atoms with van der Waals surface area (Å²) in [5.41, 5.74) is 7.64. The number of halogens is 1. The predicted molar refractivity (Wildman–Crippen MR) is 83.6 cm³/mol. The molecule has 6 heteroatoms. The summed E-state index contributed by atoms with van der Waals surface area (Å²) in [6.07, 6.45) is 1.58. The van der Waals surface area contributed by atoms with E-state index in [4.69, 9.17) is 10.3 Å². The van der Waals surface area contributed by atoms with E-state index in [0.29, 0.717) is 11.7 Å². The lowest BCUT2D eigenvalue weighted by Gasteiger charge is -1.98. The zero-order valence-electron chi connectivity index (χ0n) is 10.5. The van der Waals surface area contributed by atoms with Crippen LogP contribution in [-0.2, 0) is 12.8 Å². The second kappa shape index (κ2) is 5.76. The van der Waals surface area contributed by atoms with Crippen LogP contribution in [0.25, 0.3) is 10.7 Å². The van der Waals surface area contributed by atoms with Crippen LogP contribution in [0.4, 0.5) is 5.69 Å². The molecule has 0 spiro atoms. The third-order valence-electron chi connectivity index (χ3n) is 2.87. The topological polar surface area (TPSA) is 64.9 Å². The van der Waals surface area contributed by atoms with Crippen molar-refractivity contribution in [2.45, 2.75) is 12.8 Å². The van der Waals surface area contributed by atoms with Gasteiger partial charge in [0.15, 0.2) is 0 Å². The highest BCUT2D eigenvalue weighted by molar-refractivity contribution is 9.11. The molecule has 0 saturated carbocycles. The second-order valence-electron chi connectivity index (χ2n) is 4.36. The van der Waals surface area contributed by atoms with Gasteiger partial charge >= 0.3 is 0 Å². The highest BCUT2D eigenvalue weighted by atomic mass is 79.9. The molecule has 0 radical (unpaired) electrons. The molecular formula is C14H12BrN3OS. The first-order valence-corrected chi connectivity index (χ1v) is 7.74. The molecule has 2 N–H and O–H groups in total. The van der Waals surface area contributed by atoms with E-state index < -0.39 is 0 Å². The number of benzene rings is 1. The van der Waals surface area contributed by atoms with Crippen molar-refractivity contribution in [1.29, 1.82) is 0 Å². The number of nitrogens with two attached hydrogens (primary N) is 1. The summed E-state index contributed by atoms with van der Waals surface area (Å²) < 4.78 is 6.34. The quantitative estimate of drug-likeness (QED) is 0.724. The first-order chi connectivity index (χ1) is 9.70. The fourth-order valence-corrected chi connectivity index (χ4v) is 3.14. The maximum absolute atomic E-state index is 5.66. The summed E-state index contributed by atoms with van der Waals surface area (Å²) >= 11 is 5.01. The Morgan fingerprint density at radius 1 is 1.10 bits per heavy atom. The van der Waals surface area contributed by atoms with Gasteiger partial charge in [0.2, 0.25) is 11.7 Å². The van der Waals surface area contributed by atoms with E-state index in [-0.39, 0.29) is 0 Å². The summed E-state index contributed by atoms with van der Waals surface area (Å²) in [4.78, 5) is 5.41. The van der Waals surface area contributed by atoms with Crippen LogP contribution in [0.1, 0.15) is 11.5 Å². The van der Waals surface area contributed by atoms with E-state index in [0.717, 1.165) is 27.2 Å². The Bertz CT molecular complexity index is 705. The predicted octanol–water partition coefficient (Wildman–Crippen LogP) is 3.93. The molecule has 0 amide bonds. The van der Waals surface area contributed by atoms with Crippen molar-refractivity contribution >= 4 is 33.0 Å². The summed E-state index contributed by atoms with van der Waals surface area (Å²) in [7, 11) is 0. The molecule has 2 heterocycles. The molecular weight excluding hydrogens is 338 g/mol. The molecule has 0 atom stereocenters. The smallest absolute Gasteiger partial charge is 0.227 e. The molecule has 3 aromatic rings. The van der Waals surface area contributed by atoms with Crippen LogP contribution < -0.4 is 5.73 Å². The number of nitrogens with zero attached hydrogens (tertiary/aromatic N) is 2. The standard InChI is InChI=1S/C14H12BrN3OS/c15-12-7-6-11(20-12)14-17-13(19-18-14)8-3-9-1-4-10(16)5-2-9/h1-2,4-7H,3,8,16H2. The number of rotatable bonds is 4. The van der Waals surface area contributed by atoms with E-state index in [1.165, 1.54) is 5.56 Å². The van der Waals surface area contributed by atoms with Crippen LogP contribution in [-0.4, -0.2) is 10.1 Å². The number of nitrogen functional groups attached to an aromatic ring is 1. The molecule has 2 aromatic heterocycles. The lowest BCUT2D eigenvalue weighted by atomic mass is 10.1. The zero-order chi connectivity index (χ0) is 13.9. The number of hydrogen-bond donors (Lipinski definition) is 1. The molecule has 3 rings (SSSR count). The summed E-state index contributed by atoms with van der Waals surface area (Å²) in [5, 5.41) is 4.01. The number of hydrogen-bond acceptors (Lipinski definition) is 5. The van der Waals surface area contributed by atoms with Gasteiger partial charge in [0.1, 0.15) is 0 Å². The lowest BCUT2D eigenvalue weighted by molar-refractivity contribution is 0.379. The van der Waals surface area contributed by atoms with Crippen molar-refractivity contribution in [3.63, 3.8) is 0 Å². The van der Waals surface area contributed by atoms with Gasteiger partial charge in [0.05, 0.1) is 8.66 Å². The summed E-state index contributed by atoms with van der Waals surface area (Å²) in [6.45, 7) is 0. The van der Waals surface area contributed by atoms with Crippen LogP contribution in [0.5, 0.6) is 0 Å². The van der Waals surface area contributed by atoms with Crippen LogP contribution in [0.3, 0.4) is 0 Å². The maximum Gasteiger partial charge on any atom is 0.227 e. The van der Waals surface area contributed by atoms with Gasteiger partial charge in [0, 0.05) is 12.1 Å². The van der Waals surface area contributed by atoms with E-state index in [1.807, 2.05) is 36.4 Å². The van der Waals surface area contributed by atoms with E-state index >= 15 is 0 Å².